The summed E-state index contributed by atoms with van der Waals surface area (Å²) in [6.45, 7) is 2.09. The molecule has 2 aliphatic rings. The molecule has 1 fully saturated rings. The van der Waals surface area contributed by atoms with Crippen molar-refractivity contribution in [1.29, 1.82) is 0 Å². The van der Waals surface area contributed by atoms with Crippen molar-refractivity contribution in [3.05, 3.63) is 17.7 Å². The number of ether oxygens (including phenoxy) is 3. The Morgan fingerprint density at radius 3 is 2.48 bits per heavy atom. The summed E-state index contributed by atoms with van der Waals surface area (Å²) in [5.41, 5.74) is 1.57. The summed E-state index contributed by atoms with van der Waals surface area (Å²) in [5, 5.41) is 0. The molecule has 0 bridgehead atoms. The van der Waals surface area contributed by atoms with Crippen molar-refractivity contribution in [2.24, 2.45) is 0 Å². The second-order valence-electron chi connectivity index (χ2n) is 5.52. The zero-order valence-electron chi connectivity index (χ0n) is 13.4. The molecule has 128 valence electrons. The fraction of sp³-hybridized carbons (Fsp3) is 0.600. The van der Waals surface area contributed by atoms with Gasteiger partial charge >= 0.3 is 10.2 Å². The van der Waals surface area contributed by atoms with Crippen LogP contribution >= 0.6 is 0 Å². The summed E-state index contributed by atoms with van der Waals surface area (Å²) in [6, 6.07) is 3.57. The number of morpholine rings is 1. The molecule has 0 amide bonds. The van der Waals surface area contributed by atoms with E-state index in [4.69, 9.17) is 14.2 Å². The van der Waals surface area contributed by atoms with Gasteiger partial charge in [-0.2, -0.15) is 12.7 Å². The first-order valence-corrected chi connectivity index (χ1v) is 9.08. The molecule has 0 unspecified atom stereocenters. The van der Waals surface area contributed by atoms with E-state index >= 15 is 0 Å². The zero-order valence-corrected chi connectivity index (χ0v) is 14.3. The fourth-order valence-corrected chi connectivity index (χ4v) is 4.72. The summed E-state index contributed by atoms with van der Waals surface area (Å²) in [4.78, 5) is 0. The van der Waals surface area contributed by atoms with Crippen LogP contribution in [0.25, 0.3) is 0 Å². The Labute approximate surface area is 136 Å². The highest BCUT2D eigenvalue weighted by molar-refractivity contribution is 7.90. The van der Waals surface area contributed by atoms with Crippen LogP contribution < -0.4 is 13.8 Å². The average Bonchev–Trinajstić information content (AvgIpc) is 2.60. The van der Waals surface area contributed by atoms with Crippen LogP contribution in [0.15, 0.2) is 12.1 Å². The molecule has 3 rings (SSSR count). The van der Waals surface area contributed by atoms with E-state index in [2.05, 4.69) is 0 Å². The Kier molecular flexibility index (Phi) is 4.65. The summed E-state index contributed by atoms with van der Waals surface area (Å²) < 4.78 is 45.0. The molecule has 0 spiro atoms. The van der Waals surface area contributed by atoms with Gasteiger partial charge in [-0.15, -0.1) is 0 Å². The monoisotopic (exact) mass is 342 g/mol. The van der Waals surface area contributed by atoms with Gasteiger partial charge in [0, 0.05) is 37.3 Å². The smallest absolute Gasteiger partial charge is 0.304 e. The predicted molar refractivity (Wildman–Crippen MR) is 86.5 cm³/mol. The lowest BCUT2D eigenvalue weighted by molar-refractivity contribution is 0.0729. The summed E-state index contributed by atoms with van der Waals surface area (Å²) in [6.07, 6.45) is 1.55. The molecule has 8 heteroatoms. The second-order valence-corrected chi connectivity index (χ2v) is 7.38. The Morgan fingerprint density at radius 1 is 1.09 bits per heavy atom. The van der Waals surface area contributed by atoms with Crippen molar-refractivity contribution >= 4 is 15.9 Å². The van der Waals surface area contributed by atoms with E-state index in [9.17, 15) is 8.42 Å². The van der Waals surface area contributed by atoms with E-state index in [0.29, 0.717) is 50.0 Å². The maximum absolute atomic E-state index is 13.0. The fourth-order valence-electron chi connectivity index (χ4n) is 3.06. The van der Waals surface area contributed by atoms with Gasteiger partial charge in [0.1, 0.15) is 11.5 Å². The third kappa shape index (κ3) is 2.98. The van der Waals surface area contributed by atoms with E-state index in [1.54, 1.807) is 26.4 Å². The van der Waals surface area contributed by atoms with E-state index in [1.807, 2.05) is 0 Å². The average molecular weight is 342 g/mol. The molecule has 1 aromatic carbocycles. The van der Waals surface area contributed by atoms with Gasteiger partial charge in [0.15, 0.2) is 0 Å². The van der Waals surface area contributed by atoms with Gasteiger partial charge in [-0.05, 0) is 12.8 Å². The zero-order chi connectivity index (χ0) is 16.4. The number of fused-ring (bicyclic) bond motifs is 1. The van der Waals surface area contributed by atoms with Gasteiger partial charge in [0.25, 0.3) is 0 Å². The summed E-state index contributed by atoms with van der Waals surface area (Å²) in [5.74, 6) is 1.26. The van der Waals surface area contributed by atoms with Crippen LogP contribution in [0.2, 0.25) is 0 Å². The minimum atomic E-state index is -3.57. The van der Waals surface area contributed by atoms with Crippen LogP contribution in [-0.2, 0) is 21.4 Å². The van der Waals surface area contributed by atoms with Gasteiger partial charge in [-0.3, -0.25) is 4.31 Å². The normalized spacial score (nSPS) is 19.3. The number of anilines is 1. The van der Waals surface area contributed by atoms with E-state index in [-0.39, 0.29) is 0 Å². The standard InChI is InChI=1S/C15H22N2O5S/c1-20-12-10-14-13(15(11-12)21-2)4-3-5-17(14)23(18,19)16-6-8-22-9-7-16/h10-11H,3-9H2,1-2H3. The molecular formula is C15H22N2O5S. The maximum Gasteiger partial charge on any atom is 0.304 e. The molecular weight excluding hydrogens is 320 g/mol. The van der Waals surface area contributed by atoms with E-state index in [0.717, 1.165) is 18.4 Å². The van der Waals surface area contributed by atoms with Gasteiger partial charge in [-0.25, -0.2) is 0 Å². The van der Waals surface area contributed by atoms with Gasteiger partial charge in [0.05, 0.1) is 33.1 Å². The summed E-state index contributed by atoms with van der Waals surface area (Å²) >= 11 is 0. The molecule has 0 aliphatic carbocycles. The van der Waals surface area contributed by atoms with Crippen LogP contribution in [0.3, 0.4) is 0 Å². The van der Waals surface area contributed by atoms with Crippen LogP contribution in [0.1, 0.15) is 12.0 Å². The third-order valence-corrected chi connectivity index (χ3v) is 6.20. The molecule has 1 saturated heterocycles. The van der Waals surface area contributed by atoms with Crippen molar-refractivity contribution in [2.75, 3.05) is 51.4 Å². The molecule has 0 N–H and O–H groups in total. The Hall–Kier alpha value is -1.51. The molecule has 1 aromatic rings. The van der Waals surface area contributed by atoms with Crippen LogP contribution in [-0.4, -0.2) is 59.8 Å². The maximum atomic E-state index is 13.0. The highest BCUT2D eigenvalue weighted by Crippen LogP contribution is 2.39. The topological polar surface area (TPSA) is 68.3 Å². The number of rotatable bonds is 4. The van der Waals surface area contributed by atoms with Crippen molar-refractivity contribution in [3.8, 4) is 11.5 Å². The molecule has 0 saturated carbocycles. The molecule has 0 radical (unpaired) electrons. The Balaban J connectivity index is 2.03. The Morgan fingerprint density at radius 2 is 1.83 bits per heavy atom. The largest absolute Gasteiger partial charge is 0.497 e. The second kappa shape index (κ2) is 6.54. The van der Waals surface area contributed by atoms with E-state index in [1.165, 1.54) is 8.61 Å². The van der Waals surface area contributed by atoms with Crippen LogP contribution in [0.5, 0.6) is 11.5 Å². The lowest BCUT2D eigenvalue weighted by atomic mass is 10.0. The minimum absolute atomic E-state index is 0.384. The lowest BCUT2D eigenvalue weighted by Crippen LogP contribution is -2.50. The van der Waals surface area contributed by atoms with Crippen molar-refractivity contribution in [1.82, 2.24) is 4.31 Å². The number of hydrogen-bond acceptors (Lipinski definition) is 5. The quantitative estimate of drug-likeness (QED) is 0.818. The highest BCUT2D eigenvalue weighted by Gasteiger charge is 2.35. The highest BCUT2D eigenvalue weighted by atomic mass is 32.2. The first-order chi connectivity index (χ1) is 11.1. The van der Waals surface area contributed by atoms with Crippen molar-refractivity contribution in [3.63, 3.8) is 0 Å². The van der Waals surface area contributed by atoms with Crippen LogP contribution in [0, 0.1) is 0 Å². The Bertz CT molecular complexity index is 671. The van der Waals surface area contributed by atoms with Crippen LogP contribution in [0.4, 0.5) is 5.69 Å². The molecule has 2 heterocycles. The molecule has 0 aromatic heterocycles. The van der Waals surface area contributed by atoms with E-state index < -0.39 is 10.2 Å². The first-order valence-electron chi connectivity index (χ1n) is 7.68. The molecule has 2 aliphatic heterocycles. The number of nitrogens with zero attached hydrogens (tertiary/aromatic N) is 2. The number of benzene rings is 1. The molecule has 7 nitrogen and oxygen atoms in total. The number of hydrogen-bond donors (Lipinski definition) is 0. The molecule has 0 atom stereocenters. The van der Waals surface area contributed by atoms with Gasteiger partial charge in [-0.1, -0.05) is 0 Å². The number of methoxy groups -OCH3 is 2. The lowest BCUT2D eigenvalue weighted by Gasteiger charge is -2.36. The SMILES string of the molecule is COc1cc(OC)c2c(c1)N(S(=O)(=O)N1CCOCC1)CCC2. The third-order valence-electron chi connectivity index (χ3n) is 4.25. The minimum Gasteiger partial charge on any atom is -0.497 e. The van der Waals surface area contributed by atoms with Crippen molar-refractivity contribution < 1.29 is 22.6 Å². The predicted octanol–water partition coefficient (Wildman–Crippen LogP) is 1.03. The summed E-state index contributed by atoms with van der Waals surface area (Å²) in [7, 11) is -0.425. The molecule has 23 heavy (non-hydrogen) atoms. The van der Waals surface area contributed by atoms with Gasteiger partial charge < -0.3 is 14.2 Å². The van der Waals surface area contributed by atoms with Crippen molar-refractivity contribution in [2.45, 2.75) is 12.8 Å². The first kappa shape index (κ1) is 16.4. The van der Waals surface area contributed by atoms with Gasteiger partial charge in [0.2, 0.25) is 0 Å².